The number of aromatic nitrogens is 2. The molecule has 130 valence electrons. The molecule has 5 nitrogen and oxygen atoms in total. The van der Waals surface area contributed by atoms with Crippen molar-refractivity contribution in [3.63, 3.8) is 0 Å². The molecule has 3 rings (SSSR count). The highest BCUT2D eigenvalue weighted by molar-refractivity contribution is 5.49. The van der Waals surface area contributed by atoms with Gasteiger partial charge in [-0.1, -0.05) is 18.2 Å². The summed E-state index contributed by atoms with van der Waals surface area (Å²) in [6.07, 6.45) is 1.26. The molecule has 2 aromatic rings. The van der Waals surface area contributed by atoms with Crippen molar-refractivity contribution in [1.82, 2.24) is 15.1 Å². The van der Waals surface area contributed by atoms with Crippen LogP contribution in [0.5, 0.6) is 0 Å². The molecule has 0 amide bonds. The Labute approximate surface area is 145 Å². The van der Waals surface area contributed by atoms with Gasteiger partial charge in [0.15, 0.2) is 0 Å². The predicted octanol–water partition coefficient (Wildman–Crippen LogP) is 2.41. The molecular formula is C19H29N5. The topological polar surface area (TPSA) is 36.3 Å². The van der Waals surface area contributed by atoms with E-state index < -0.39 is 0 Å². The molecule has 1 aromatic heterocycles. The Morgan fingerprint density at radius 2 is 2.00 bits per heavy atom. The molecular weight excluding hydrogens is 298 g/mol. The van der Waals surface area contributed by atoms with Crippen LogP contribution in [0.3, 0.4) is 0 Å². The first-order valence-corrected chi connectivity index (χ1v) is 8.76. The van der Waals surface area contributed by atoms with Crippen molar-refractivity contribution in [2.24, 2.45) is 13.0 Å². The van der Waals surface area contributed by atoms with E-state index in [1.807, 2.05) is 11.7 Å². The van der Waals surface area contributed by atoms with Crippen LogP contribution in [0.4, 0.5) is 11.5 Å². The molecule has 0 saturated carbocycles. The molecule has 24 heavy (non-hydrogen) atoms. The number of para-hydroxylation sites is 1. The minimum absolute atomic E-state index is 0.713. The lowest BCUT2D eigenvalue weighted by molar-refractivity contribution is 0.516. The molecule has 0 bridgehead atoms. The van der Waals surface area contributed by atoms with Crippen LogP contribution >= 0.6 is 0 Å². The fourth-order valence-corrected chi connectivity index (χ4v) is 3.73. The lowest BCUT2D eigenvalue weighted by Gasteiger charge is -2.19. The lowest BCUT2D eigenvalue weighted by Crippen LogP contribution is -2.27. The van der Waals surface area contributed by atoms with Crippen molar-refractivity contribution in [3.05, 3.63) is 41.6 Å². The van der Waals surface area contributed by atoms with Crippen LogP contribution < -0.4 is 15.1 Å². The molecule has 0 unspecified atom stereocenters. The standard InChI is InChI=1S/C19H29N5/c1-15-18(19(22(2)3)23(4)21-15)13-20-12-16-10-11-24(14-16)17-8-6-5-7-9-17/h5-9,16,20H,10-14H2,1-4H3/t16-/m1/s1. The van der Waals surface area contributed by atoms with Gasteiger partial charge in [0.05, 0.1) is 5.69 Å². The average Bonchev–Trinajstić information content (AvgIpc) is 3.13. The van der Waals surface area contributed by atoms with E-state index in [9.17, 15) is 0 Å². The molecule has 5 heteroatoms. The molecule has 0 aliphatic carbocycles. The molecule has 1 fully saturated rings. The average molecular weight is 327 g/mol. The normalized spacial score (nSPS) is 17.5. The first kappa shape index (κ1) is 16.8. The van der Waals surface area contributed by atoms with E-state index in [1.54, 1.807) is 0 Å². The minimum atomic E-state index is 0.713. The van der Waals surface area contributed by atoms with Crippen LogP contribution in [-0.2, 0) is 13.6 Å². The monoisotopic (exact) mass is 327 g/mol. The third-order valence-electron chi connectivity index (χ3n) is 4.88. The summed E-state index contributed by atoms with van der Waals surface area (Å²) >= 11 is 0. The first-order valence-electron chi connectivity index (χ1n) is 8.76. The molecule has 1 aliphatic heterocycles. The molecule has 0 spiro atoms. The second-order valence-corrected chi connectivity index (χ2v) is 6.97. The smallest absolute Gasteiger partial charge is 0.130 e. The van der Waals surface area contributed by atoms with Crippen LogP contribution in [0, 0.1) is 12.8 Å². The van der Waals surface area contributed by atoms with Gasteiger partial charge in [-0.25, -0.2) is 0 Å². The fraction of sp³-hybridized carbons (Fsp3) is 0.526. The van der Waals surface area contributed by atoms with Gasteiger partial charge in [0.25, 0.3) is 0 Å². The predicted molar refractivity (Wildman–Crippen MR) is 101 cm³/mol. The number of rotatable bonds is 6. The maximum atomic E-state index is 4.56. The zero-order chi connectivity index (χ0) is 17.1. The molecule has 0 radical (unpaired) electrons. The Morgan fingerprint density at radius 1 is 1.25 bits per heavy atom. The Kier molecular flexibility index (Phi) is 5.09. The van der Waals surface area contributed by atoms with Crippen molar-refractivity contribution < 1.29 is 0 Å². The number of nitrogens with one attached hydrogen (secondary N) is 1. The van der Waals surface area contributed by atoms with E-state index in [2.05, 4.69) is 71.6 Å². The summed E-state index contributed by atoms with van der Waals surface area (Å²) in [5, 5.41) is 8.22. The molecule has 1 atom stereocenters. The lowest BCUT2D eigenvalue weighted by atomic mass is 10.1. The van der Waals surface area contributed by atoms with Gasteiger partial charge in [-0.15, -0.1) is 0 Å². The SMILES string of the molecule is Cc1nn(C)c(N(C)C)c1CNC[C@H]1CCN(c2ccccc2)C1. The van der Waals surface area contributed by atoms with Crippen molar-refractivity contribution in [2.75, 3.05) is 43.5 Å². The highest BCUT2D eigenvalue weighted by Crippen LogP contribution is 2.24. The number of hydrogen-bond acceptors (Lipinski definition) is 4. The minimum Gasteiger partial charge on any atom is -0.371 e. The van der Waals surface area contributed by atoms with E-state index in [0.717, 1.165) is 31.9 Å². The number of hydrogen-bond donors (Lipinski definition) is 1. The molecule has 1 saturated heterocycles. The molecule has 1 aromatic carbocycles. The van der Waals surface area contributed by atoms with Gasteiger partial charge < -0.3 is 15.1 Å². The van der Waals surface area contributed by atoms with Gasteiger partial charge in [-0.05, 0) is 31.4 Å². The molecule has 2 heterocycles. The van der Waals surface area contributed by atoms with Crippen molar-refractivity contribution in [1.29, 1.82) is 0 Å². The number of aryl methyl sites for hydroxylation is 2. The van der Waals surface area contributed by atoms with E-state index >= 15 is 0 Å². The fourth-order valence-electron chi connectivity index (χ4n) is 3.73. The van der Waals surface area contributed by atoms with Crippen LogP contribution in [0.25, 0.3) is 0 Å². The van der Waals surface area contributed by atoms with Crippen molar-refractivity contribution in [2.45, 2.75) is 19.9 Å². The summed E-state index contributed by atoms with van der Waals surface area (Å²) in [6, 6.07) is 10.7. The summed E-state index contributed by atoms with van der Waals surface area (Å²) in [7, 11) is 6.17. The van der Waals surface area contributed by atoms with E-state index in [-0.39, 0.29) is 0 Å². The van der Waals surface area contributed by atoms with Crippen LogP contribution in [-0.4, -0.2) is 43.5 Å². The highest BCUT2D eigenvalue weighted by Gasteiger charge is 2.22. The molecule has 1 aliphatic rings. The third kappa shape index (κ3) is 3.56. The summed E-state index contributed by atoms with van der Waals surface area (Å²) < 4.78 is 1.97. The Hall–Kier alpha value is -2.01. The molecule has 1 N–H and O–H groups in total. The van der Waals surface area contributed by atoms with Gasteiger partial charge in [-0.3, -0.25) is 4.68 Å². The van der Waals surface area contributed by atoms with Gasteiger partial charge >= 0.3 is 0 Å². The second-order valence-electron chi connectivity index (χ2n) is 6.97. The maximum absolute atomic E-state index is 4.56. The number of anilines is 2. The highest BCUT2D eigenvalue weighted by atomic mass is 15.4. The van der Waals surface area contributed by atoms with Gasteiger partial charge in [0.2, 0.25) is 0 Å². The summed E-state index contributed by atoms with van der Waals surface area (Å²) in [5.74, 6) is 1.90. The largest absolute Gasteiger partial charge is 0.371 e. The van der Waals surface area contributed by atoms with Crippen LogP contribution in [0.1, 0.15) is 17.7 Å². The Balaban J connectivity index is 1.53. The van der Waals surface area contributed by atoms with Crippen LogP contribution in [0.15, 0.2) is 30.3 Å². The quantitative estimate of drug-likeness (QED) is 0.884. The third-order valence-corrected chi connectivity index (χ3v) is 4.88. The number of nitrogens with zero attached hydrogens (tertiary/aromatic N) is 4. The zero-order valence-corrected chi connectivity index (χ0v) is 15.3. The Morgan fingerprint density at radius 3 is 2.71 bits per heavy atom. The summed E-state index contributed by atoms with van der Waals surface area (Å²) in [4.78, 5) is 4.64. The number of benzene rings is 1. The maximum Gasteiger partial charge on any atom is 0.130 e. The van der Waals surface area contributed by atoms with Gasteiger partial charge in [0.1, 0.15) is 5.82 Å². The summed E-state index contributed by atoms with van der Waals surface area (Å²) in [5.41, 5.74) is 3.77. The van der Waals surface area contributed by atoms with Gasteiger partial charge in [0, 0.05) is 58.6 Å². The van der Waals surface area contributed by atoms with Crippen LogP contribution in [0.2, 0.25) is 0 Å². The first-order chi connectivity index (χ1) is 11.6. The summed E-state index contributed by atoms with van der Waals surface area (Å²) in [6.45, 7) is 6.34. The van der Waals surface area contributed by atoms with E-state index in [0.29, 0.717) is 5.92 Å². The van der Waals surface area contributed by atoms with E-state index in [4.69, 9.17) is 0 Å². The van der Waals surface area contributed by atoms with Crippen molar-refractivity contribution >= 4 is 11.5 Å². The zero-order valence-electron chi connectivity index (χ0n) is 15.3. The van der Waals surface area contributed by atoms with Crippen molar-refractivity contribution in [3.8, 4) is 0 Å². The van der Waals surface area contributed by atoms with E-state index in [1.165, 1.54) is 23.5 Å². The van der Waals surface area contributed by atoms with Gasteiger partial charge in [-0.2, -0.15) is 5.10 Å². The second kappa shape index (κ2) is 7.26. The Bertz CT molecular complexity index is 662.